The molecule has 4 aromatic rings. The van der Waals surface area contributed by atoms with Crippen LogP contribution in [0.4, 0.5) is 5.82 Å². The average molecular weight is 413 g/mol. The number of hydrogen-bond acceptors (Lipinski definition) is 4. The Bertz CT molecular complexity index is 1270. The first kappa shape index (κ1) is 19.2. The van der Waals surface area contributed by atoms with Crippen LogP contribution >= 0.6 is 0 Å². The minimum absolute atomic E-state index is 0.161. The topological polar surface area (TPSA) is 76.4 Å². The number of benzene rings is 2. The number of pyridine rings is 1. The Kier molecular flexibility index (Phi) is 4.62. The number of aryl methyl sites for hydroxylation is 2. The molecule has 1 aliphatic carbocycles. The van der Waals surface area contributed by atoms with E-state index in [9.17, 15) is 9.90 Å². The zero-order valence-corrected chi connectivity index (χ0v) is 17.4. The number of nitrogens with zero attached hydrogens (tertiary/aromatic N) is 2. The van der Waals surface area contributed by atoms with Crippen molar-refractivity contribution in [1.82, 2.24) is 9.55 Å². The SMILES string of the molecule is Cc1ccc(Oc2cc(C(=O)Nc3ccc(C)cn3)cc3c(O)n(C4CC4)cc23)cc1. The molecule has 2 N–H and O–H groups in total. The lowest BCUT2D eigenvalue weighted by molar-refractivity contribution is 0.102. The molecule has 0 atom stereocenters. The Labute approximate surface area is 180 Å². The minimum atomic E-state index is -0.314. The van der Waals surface area contributed by atoms with E-state index in [-0.39, 0.29) is 11.8 Å². The average Bonchev–Trinajstić information content (AvgIpc) is 3.55. The second kappa shape index (κ2) is 7.47. The summed E-state index contributed by atoms with van der Waals surface area (Å²) in [6.45, 7) is 3.95. The molecule has 1 fully saturated rings. The zero-order valence-electron chi connectivity index (χ0n) is 17.4. The van der Waals surface area contributed by atoms with Crippen LogP contribution in [0, 0.1) is 13.8 Å². The minimum Gasteiger partial charge on any atom is -0.494 e. The Hall–Kier alpha value is -3.80. The summed E-state index contributed by atoms with van der Waals surface area (Å²) in [6, 6.07) is 15.1. The number of nitrogens with one attached hydrogen (secondary N) is 1. The molecule has 2 aromatic carbocycles. The van der Waals surface area contributed by atoms with Gasteiger partial charge in [0.05, 0.1) is 0 Å². The number of hydrogen-bond donors (Lipinski definition) is 2. The van der Waals surface area contributed by atoms with Crippen LogP contribution in [-0.2, 0) is 0 Å². The number of rotatable bonds is 5. The highest BCUT2D eigenvalue weighted by molar-refractivity contribution is 6.08. The molecular weight excluding hydrogens is 390 g/mol. The first-order valence-corrected chi connectivity index (χ1v) is 10.3. The Morgan fingerprint density at radius 3 is 2.48 bits per heavy atom. The van der Waals surface area contributed by atoms with Gasteiger partial charge in [-0.3, -0.25) is 4.79 Å². The molecule has 5 rings (SSSR count). The zero-order chi connectivity index (χ0) is 21.5. The highest BCUT2D eigenvalue weighted by atomic mass is 16.5. The summed E-state index contributed by atoms with van der Waals surface area (Å²) in [5, 5.41) is 15.0. The fourth-order valence-electron chi connectivity index (χ4n) is 3.59. The third kappa shape index (κ3) is 3.84. The molecule has 0 spiro atoms. The van der Waals surface area contributed by atoms with Crippen LogP contribution in [0.3, 0.4) is 0 Å². The van der Waals surface area contributed by atoms with Crippen molar-refractivity contribution in [3.8, 4) is 17.4 Å². The van der Waals surface area contributed by atoms with Crippen LogP contribution in [0.25, 0.3) is 10.8 Å². The van der Waals surface area contributed by atoms with Crippen molar-refractivity contribution in [2.45, 2.75) is 32.7 Å². The summed E-state index contributed by atoms with van der Waals surface area (Å²) in [5.74, 6) is 1.51. The van der Waals surface area contributed by atoms with Gasteiger partial charge < -0.3 is 19.7 Å². The van der Waals surface area contributed by atoms with Gasteiger partial charge in [0, 0.05) is 34.8 Å². The quantitative estimate of drug-likeness (QED) is 0.437. The van der Waals surface area contributed by atoms with Gasteiger partial charge in [-0.15, -0.1) is 0 Å². The molecule has 1 amide bonds. The van der Waals surface area contributed by atoms with E-state index in [1.807, 2.05) is 54.9 Å². The summed E-state index contributed by atoms with van der Waals surface area (Å²) < 4.78 is 8.02. The van der Waals surface area contributed by atoms with Crippen LogP contribution in [0.1, 0.15) is 40.4 Å². The second-order valence-electron chi connectivity index (χ2n) is 8.12. The summed E-state index contributed by atoms with van der Waals surface area (Å²) in [6.07, 6.45) is 5.69. The number of carbonyl (C=O) groups is 1. The van der Waals surface area contributed by atoms with Gasteiger partial charge in [-0.25, -0.2) is 4.98 Å². The molecule has 0 radical (unpaired) electrons. The lowest BCUT2D eigenvalue weighted by atomic mass is 10.1. The monoisotopic (exact) mass is 413 g/mol. The molecule has 1 saturated carbocycles. The molecule has 156 valence electrons. The summed E-state index contributed by atoms with van der Waals surface area (Å²) in [5.41, 5.74) is 2.54. The van der Waals surface area contributed by atoms with E-state index in [4.69, 9.17) is 4.74 Å². The fourth-order valence-corrected chi connectivity index (χ4v) is 3.59. The van der Waals surface area contributed by atoms with Gasteiger partial charge in [0.15, 0.2) is 5.88 Å². The third-order valence-corrected chi connectivity index (χ3v) is 5.50. The van der Waals surface area contributed by atoms with E-state index in [1.54, 1.807) is 24.4 Å². The summed E-state index contributed by atoms with van der Waals surface area (Å²) in [7, 11) is 0. The maximum atomic E-state index is 13.0. The van der Waals surface area contributed by atoms with Crippen molar-refractivity contribution in [3.63, 3.8) is 0 Å². The van der Waals surface area contributed by atoms with Crippen LogP contribution in [0.15, 0.2) is 60.9 Å². The van der Waals surface area contributed by atoms with Crippen molar-refractivity contribution < 1.29 is 14.6 Å². The molecule has 6 heteroatoms. The number of anilines is 1. The van der Waals surface area contributed by atoms with Gasteiger partial charge >= 0.3 is 0 Å². The standard InChI is InChI=1S/C25H23N3O3/c1-15-3-8-19(9-4-15)31-22-12-17(24(29)27-23-10-5-16(2)13-26-23)11-20-21(22)14-28(25(20)30)18-6-7-18/h3-5,8-14,18,30H,6-7H2,1-2H3,(H,26,27,29). The van der Waals surface area contributed by atoms with E-state index in [0.29, 0.717) is 34.3 Å². The first-order chi connectivity index (χ1) is 15.0. The first-order valence-electron chi connectivity index (χ1n) is 10.3. The van der Waals surface area contributed by atoms with Gasteiger partial charge in [-0.2, -0.15) is 0 Å². The Morgan fingerprint density at radius 1 is 1.06 bits per heavy atom. The normalized spacial score (nSPS) is 13.4. The molecule has 2 heterocycles. The van der Waals surface area contributed by atoms with Crippen LogP contribution < -0.4 is 10.1 Å². The van der Waals surface area contributed by atoms with Crippen LogP contribution in [0.2, 0.25) is 0 Å². The molecule has 0 unspecified atom stereocenters. The molecule has 6 nitrogen and oxygen atoms in total. The number of fused-ring (bicyclic) bond motifs is 1. The van der Waals surface area contributed by atoms with E-state index >= 15 is 0 Å². The smallest absolute Gasteiger partial charge is 0.256 e. The number of carbonyl (C=O) groups excluding carboxylic acids is 1. The summed E-state index contributed by atoms with van der Waals surface area (Å²) in [4.78, 5) is 17.2. The molecule has 1 aliphatic rings. The molecule has 2 aromatic heterocycles. The predicted molar refractivity (Wildman–Crippen MR) is 120 cm³/mol. The Morgan fingerprint density at radius 2 is 1.81 bits per heavy atom. The van der Waals surface area contributed by atoms with Gasteiger partial charge in [-0.05, 0) is 62.6 Å². The third-order valence-electron chi connectivity index (χ3n) is 5.50. The fraction of sp³-hybridized carbons (Fsp3) is 0.200. The van der Waals surface area contributed by atoms with E-state index in [0.717, 1.165) is 29.4 Å². The van der Waals surface area contributed by atoms with Crippen molar-refractivity contribution in [2.75, 3.05) is 5.32 Å². The lowest BCUT2D eigenvalue weighted by Crippen LogP contribution is -2.13. The molecular formula is C25H23N3O3. The number of aromatic hydroxyl groups is 1. The van der Waals surface area contributed by atoms with Gasteiger partial charge in [0.25, 0.3) is 5.91 Å². The van der Waals surface area contributed by atoms with E-state index in [1.165, 1.54) is 0 Å². The predicted octanol–water partition coefficient (Wildman–Crippen LogP) is 5.74. The van der Waals surface area contributed by atoms with Crippen molar-refractivity contribution in [1.29, 1.82) is 0 Å². The highest BCUT2D eigenvalue weighted by Crippen LogP contribution is 2.44. The number of ether oxygens (including phenoxy) is 1. The largest absolute Gasteiger partial charge is 0.494 e. The number of amides is 1. The van der Waals surface area contributed by atoms with Gasteiger partial charge in [-0.1, -0.05) is 23.8 Å². The van der Waals surface area contributed by atoms with E-state index < -0.39 is 0 Å². The summed E-state index contributed by atoms with van der Waals surface area (Å²) >= 11 is 0. The van der Waals surface area contributed by atoms with Crippen molar-refractivity contribution >= 4 is 22.5 Å². The van der Waals surface area contributed by atoms with Crippen molar-refractivity contribution in [3.05, 3.63) is 77.6 Å². The molecule has 0 aliphatic heterocycles. The maximum absolute atomic E-state index is 13.0. The molecule has 0 bridgehead atoms. The molecule has 0 saturated heterocycles. The highest BCUT2D eigenvalue weighted by Gasteiger charge is 2.28. The number of aromatic nitrogens is 2. The van der Waals surface area contributed by atoms with Crippen LogP contribution in [-0.4, -0.2) is 20.6 Å². The Balaban J connectivity index is 1.56. The van der Waals surface area contributed by atoms with Crippen molar-refractivity contribution in [2.24, 2.45) is 0 Å². The van der Waals surface area contributed by atoms with Crippen LogP contribution in [0.5, 0.6) is 17.4 Å². The van der Waals surface area contributed by atoms with Gasteiger partial charge in [0.2, 0.25) is 0 Å². The molecule has 31 heavy (non-hydrogen) atoms. The lowest BCUT2D eigenvalue weighted by Gasteiger charge is -2.10. The maximum Gasteiger partial charge on any atom is 0.256 e. The van der Waals surface area contributed by atoms with E-state index in [2.05, 4.69) is 10.3 Å². The second-order valence-corrected chi connectivity index (χ2v) is 8.12. The van der Waals surface area contributed by atoms with Gasteiger partial charge in [0.1, 0.15) is 17.3 Å².